The van der Waals surface area contributed by atoms with Crippen LogP contribution in [0.15, 0.2) is 12.4 Å². The van der Waals surface area contributed by atoms with E-state index in [1.165, 1.54) is 16.8 Å². The summed E-state index contributed by atoms with van der Waals surface area (Å²) in [7, 11) is 0. The predicted octanol–water partition coefficient (Wildman–Crippen LogP) is 2.83. The van der Waals surface area contributed by atoms with Crippen LogP contribution in [0.1, 0.15) is 55.7 Å². The molecular formula is C16H27N5. The number of hydrogen-bond acceptors (Lipinski definition) is 3. The Hall–Kier alpha value is -1.62. The molecule has 1 N–H and O–H groups in total. The number of nitrogens with zero attached hydrogens (tertiary/aromatic N) is 4. The molecule has 0 aliphatic heterocycles. The molecule has 21 heavy (non-hydrogen) atoms. The minimum Gasteiger partial charge on any atom is -0.310 e. The highest BCUT2D eigenvalue weighted by Crippen LogP contribution is 2.22. The summed E-state index contributed by atoms with van der Waals surface area (Å²) in [5.74, 6) is 0. The van der Waals surface area contributed by atoms with Gasteiger partial charge >= 0.3 is 0 Å². The van der Waals surface area contributed by atoms with Crippen LogP contribution in [0.25, 0.3) is 0 Å². The van der Waals surface area contributed by atoms with Crippen LogP contribution in [0.3, 0.4) is 0 Å². The van der Waals surface area contributed by atoms with Gasteiger partial charge in [-0.3, -0.25) is 9.36 Å². The van der Waals surface area contributed by atoms with Crippen molar-refractivity contribution in [1.29, 1.82) is 0 Å². The van der Waals surface area contributed by atoms with E-state index in [-0.39, 0.29) is 0 Å². The standard InChI is InChI=1S/C16H27N5/c1-6-8-17-12(3)16-13(4)19-21(14(16)5)11-15-9-18-20(7-2)10-15/h9-10,12,17H,6-8,11H2,1-5H3. The molecule has 0 saturated heterocycles. The maximum Gasteiger partial charge on any atom is 0.0693 e. The van der Waals surface area contributed by atoms with Crippen LogP contribution < -0.4 is 5.32 Å². The van der Waals surface area contributed by atoms with Crippen molar-refractivity contribution in [1.82, 2.24) is 24.9 Å². The Labute approximate surface area is 127 Å². The maximum atomic E-state index is 4.71. The monoisotopic (exact) mass is 289 g/mol. The summed E-state index contributed by atoms with van der Waals surface area (Å²) in [6, 6.07) is 0.345. The van der Waals surface area contributed by atoms with Crippen molar-refractivity contribution < 1.29 is 0 Å². The lowest BCUT2D eigenvalue weighted by molar-refractivity contribution is 0.564. The van der Waals surface area contributed by atoms with E-state index in [2.05, 4.69) is 55.9 Å². The van der Waals surface area contributed by atoms with E-state index in [1.54, 1.807) is 0 Å². The number of nitrogens with one attached hydrogen (secondary N) is 1. The number of aryl methyl sites for hydroxylation is 2. The highest BCUT2D eigenvalue weighted by atomic mass is 15.3. The Kier molecular flexibility index (Phi) is 5.17. The smallest absolute Gasteiger partial charge is 0.0693 e. The molecule has 0 fully saturated rings. The molecule has 1 unspecified atom stereocenters. The zero-order valence-corrected chi connectivity index (χ0v) is 13.8. The molecule has 0 bridgehead atoms. The first-order valence-electron chi connectivity index (χ1n) is 7.85. The van der Waals surface area contributed by atoms with Crippen LogP contribution in [-0.2, 0) is 13.1 Å². The van der Waals surface area contributed by atoms with Crippen molar-refractivity contribution in [3.05, 3.63) is 34.9 Å². The minimum atomic E-state index is 0.345. The highest BCUT2D eigenvalue weighted by Gasteiger charge is 2.17. The third kappa shape index (κ3) is 3.53. The fraction of sp³-hybridized carbons (Fsp3) is 0.625. The minimum absolute atomic E-state index is 0.345. The van der Waals surface area contributed by atoms with Gasteiger partial charge in [-0.15, -0.1) is 0 Å². The molecule has 0 radical (unpaired) electrons. The van der Waals surface area contributed by atoms with Gasteiger partial charge < -0.3 is 5.32 Å². The molecule has 2 aromatic rings. The lowest BCUT2D eigenvalue weighted by Crippen LogP contribution is -2.20. The summed E-state index contributed by atoms with van der Waals surface area (Å²) in [6.45, 7) is 13.5. The average Bonchev–Trinajstić information content (AvgIpc) is 3.02. The summed E-state index contributed by atoms with van der Waals surface area (Å²) in [4.78, 5) is 0. The van der Waals surface area contributed by atoms with E-state index < -0.39 is 0 Å². The second-order valence-electron chi connectivity index (χ2n) is 5.62. The van der Waals surface area contributed by atoms with Crippen molar-refractivity contribution in [3.63, 3.8) is 0 Å². The Bertz CT molecular complexity index is 582. The molecule has 0 saturated carbocycles. The number of rotatable bonds is 7. The van der Waals surface area contributed by atoms with E-state index in [0.717, 1.165) is 31.7 Å². The molecule has 0 amide bonds. The summed E-state index contributed by atoms with van der Waals surface area (Å²) in [5.41, 5.74) is 4.88. The maximum absolute atomic E-state index is 4.71. The van der Waals surface area contributed by atoms with Crippen molar-refractivity contribution in [2.75, 3.05) is 6.54 Å². The molecule has 5 heteroatoms. The average molecular weight is 289 g/mol. The SMILES string of the molecule is CCCNC(C)c1c(C)nn(Cc2cnn(CC)c2)c1C. The fourth-order valence-electron chi connectivity index (χ4n) is 2.79. The molecule has 0 aliphatic carbocycles. The van der Waals surface area contributed by atoms with Crippen LogP contribution in [0, 0.1) is 13.8 Å². The zero-order chi connectivity index (χ0) is 15.4. The lowest BCUT2D eigenvalue weighted by atomic mass is 10.1. The molecule has 0 aromatic carbocycles. The van der Waals surface area contributed by atoms with E-state index in [1.807, 2.05) is 10.9 Å². The Morgan fingerprint density at radius 2 is 2.05 bits per heavy atom. The van der Waals surface area contributed by atoms with Gasteiger partial charge in [0.05, 0.1) is 18.4 Å². The van der Waals surface area contributed by atoms with Gasteiger partial charge in [-0.25, -0.2) is 0 Å². The second-order valence-corrected chi connectivity index (χ2v) is 5.62. The first kappa shape index (κ1) is 15.8. The fourth-order valence-corrected chi connectivity index (χ4v) is 2.79. The van der Waals surface area contributed by atoms with Crippen LogP contribution in [0.4, 0.5) is 0 Å². The van der Waals surface area contributed by atoms with E-state index in [4.69, 9.17) is 5.10 Å². The molecular weight excluding hydrogens is 262 g/mol. The van der Waals surface area contributed by atoms with Crippen molar-refractivity contribution in [2.45, 2.75) is 60.2 Å². The van der Waals surface area contributed by atoms with Gasteiger partial charge in [0.2, 0.25) is 0 Å². The third-order valence-electron chi connectivity index (χ3n) is 3.91. The molecule has 2 aromatic heterocycles. The Balaban J connectivity index is 2.18. The first-order chi connectivity index (χ1) is 10.1. The molecule has 1 atom stereocenters. The van der Waals surface area contributed by atoms with Gasteiger partial charge in [-0.2, -0.15) is 10.2 Å². The van der Waals surface area contributed by atoms with Crippen LogP contribution >= 0.6 is 0 Å². The largest absolute Gasteiger partial charge is 0.310 e. The molecule has 2 rings (SSSR count). The number of aromatic nitrogens is 4. The molecule has 0 spiro atoms. The highest BCUT2D eigenvalue weighted by molar-refractivity contribution is 5.28. The van der Waals surface area contributed by atoms with E-state index in [0.29, 0.717) is 6.04 Å². The van der Waals surface area contributed by atoms with Crippen LogP contribution in [0.2, 0.25) is 0 Å². The van der Waals surface area contributed by atoms with E-state index in [9.17, 15) is 0 Å². The van der Waals surface area contributed by atoms with Gasteiger partial charge in [0, 0.05) is 35.6 Å². The quantitative estimate of drug-likeness (QED) is 0.852. The molecule has 5 nitrogen and oxygen atoms in total. The summed E-state index contributed by atoms with van der Waals surface area (Å²) in [6.07, 6.45) is 5.17. The topological polar surface area (TPSA) is 47.7 Å². The third-order valence-corrected chi connectivity index (χ3v) is 3.91. The van der Waals surface area contributed by atoms with E-state index >= 15 is 0 Å². The molecule has 116 valence electrons. The van der Waals surface area contributed by atoms with Gasteiger partial charge in [-0.1, -0.05) is 6.92 Å². The Morgan fingerprint density at radius 1 is 1.29 bits per heavy atom. The molecule has 2 heterocycles. The zero-order valence-electron chi connectivity index (χ0n) is 13.8. The normalized spacial score (nSPS) is 12.8. The summed E-state index contributed by atoms with van der Waals surface area (Å²) in [5, 5.41) is 12.6. The van der Waals surface area contributed by atoms with Gasteiger partial charge in [0.25, 0.3) is 0 Å². The Morgan fingerprint density at radius 3 is 2.67 bits per heavy atom. The first-order valence-corrected chi connectivity index (χ1v) is 7.85. The van der Waals surface area contributed by atoms with Crippen molar-refractivity contribution >= 4 is 0 Å². The van der Waals surface area contributed by atoms with Gasteiger partial charge in [0.1, 0.15) is 0 Å². The predicted molar refractivity (Wildman–Crippen MR) is 85.4 cm³/mol. The van der Waals surface area contributed by atoms with Crippen LogP contribution in [0.5, 0.6) is 0 Å². The van der Waals surface area contributed by atoms with Crippen molar-refractivity contribution in [3.8, 4) is 0 Å². The van der Waals surface area contributed by atoms with Gasteiger partial charge in [0.15, 0.2) is 0 Å². The summed E-state index contributed by atoms with van der Waals surface area (Å²) < 4.78 is 4.04. The summed E-state index contributed by atoms with van der Waals surface area (Å²) >= 11 is 0. The number of hydrogen-bond donors (Lipinski definition) is 1. The second kappa shape index (κ2) is 6.89. The van der Waals surface area contributed by atoms with Gasteiger partial charge in [-0.05, 0) is 40.7 Å². The lowest BCUT2D eigenvalue weighted by Gasteiger charge is -2.14. The van der Waals surface area contributed by atoms with Crippen LogP contribution in [-0.4, -0.2) is 26.1 Å². The molecule has 0 aliphatic rings. The van der Waals surface area contributed by atoms with Crippen molar-refractivity contribution in [2.24, 2.45) is 0 Å².